The number of anilines is 1. The third kappa shape index (κ3) is 1.61. The van der Waals surface area contributed by atoms with Crippen LogP contribution in [0, 0.1) is 20.8 Å². The lowest BCUT2D eigenvalue weighted by molar-refractivity contribution is 0.871. The molecule has 0 saturated carbocycles. The van der Waals surface area contributed by atoms with Crippen LogP contribution >= 0.6 is 0 Å². The van der Waals surface area contributed by atoms with E-state index in [-0.39, 0.29) is 0 Å². The summed E-state index contributed by atoms with van der Waals surface area (Å²) >= 11 is 0. The number of aryl methyl sites for hydroxylation is 2. The highest BCUT2D eigenvalue weighted by Gasteiger charge is 2.09. The molecule has 0 fully saturated rings. The van der Waals surface area contributed by atoms with Gasteiger partial charge in [-0.25, -0.2) is 4.68 Å². The molecular weight excluding hydrogens is 186 g/mol. The Labute approximate surface area is 89.5 Å². The van der Waals surface area contributed by atoms with Gasteiger partial charge in [-0.2, -0.15) is 5.10 Å². The van der Waals surface area contributed by atoms with Crippen molar-refractivity contribution in [3.8, 4) is 5.69 Å². The summed E-state index contributed by atoms with van der Waals surface area (Å²) < 4.78 is 1.79. The Bertz CT molecular complexity index is 498. The largest absolute Gasteiger partial charge is 0.383 e. The van der Waals surface area contributed by atoms with Gasteiger partial charge in [-0.05, 0) is 38.5 Å². The van der Waals surface area contributed by atoms with E-state index >= 15 is 0 Å². The van der Waals surface area contributed by atoms with E-state index in [1.807, 2.05) is 26.0 Å². The van der Waals surface area contributed by atoms with Crippen molar-refractivity contribution in [3.05, 3.63) is 41.1 Å². The molecule has 0 aliphatic carbocycles. The van der Waals surface area contributed by atoms with E-state index < -0.39 is 0 Å². The molecule has 2 N–H and O–H groups in total. The Balaban J connectivity index is 2.59. The van der Waals surface area contributed by atoms with Crippen molar-refractivity contribution in [2.24, 2.45) is 0 Å². The molecule has 0 radical (unpaired) electrons. The normalized spacial score (nSPS) is 10.6. The molecule has 3 nitrogen and oxygen atoms in total. The second kappa shape index (κ2) is 3.42. The summed E-state index contributed by atoms with van der Waals surface area (Å²) in [5.74, 6) is 0.720. The topological polar surface area (TPSA) is 43.8 Å². The summed E-state index contributed by atoms with van der Waals surface area (Å²) in [6, 6.07) is 8.15. The summed E-state index contributed by atoms with van der Waals surface area (Å²) in [5, 5.41) is 4.41. The second-order valence-corrected chi connectivity index (χ2v) is 3.85. The number of nitrogen functional groups attached to an aromatic ring is 1. The van der Waals surface area contributed by atoms with E-state index in [2.05, 4.69) is 24.2 Å². The van der Waals surface area contributed by atoms with E-state index in [4.69, 9.17) is 5.73 Å². The molecule has 78 valence electrons. The highest BCUT2D eigenvalue weighted by molar-refractivity contribution is 5.49. The van der Waals surface area contributed by atoms with Gasteiger partial charge >= 0.3 is 0 Å². The van der Waals surface area contributed by atoms with E-state index in [0.717, 1.165) is 22.8 Å². The second-order valence-electron chi connectivity index (χ2n) is 3.85. The van der Waals surface area contributed by atoms with Gasteiger partial charge in [0.15, 0.2) is 0 Å². The fourth-order valence-electron chi connectivity index (χ4n) is 1.58. The van der Waals surface area contributed by atoms with Gasteiger partial charge < -0.3 is 5.73 Å². The number of rotatable bonds is 1. The Morgan fingerprint density at radius 3 is 2.47 bits per heavy atom. The molecule has 0 aliphatic heterocycles. The predicted molar refractivity (Wildman–Crippen MR) is 62.2 cm³/mol. The van der Waals surface area contributed by atoms with Gasteiger partial charge in [0.25, 0.3) is 0 Å². The molecule has 15 heavy (non-hydrogen) atoms. The molecular formula is C12H15N3. The molecule has 0 saturated heterocycles. The standard InChI is InChI=1S/C12H15N3/c1-8-5-4-6-11(7-8)15-12(13)9(2)10(3)14-15/h4-7H,13H2,1-3H3. The van der Waals surface area contributed by atoms with Crippen molar-refractivity contribution in [2.75, 3.05) is 5.73 Å². The Morgan fingerprint density at radius 2 is 1.93 bits per heavy atom. The first-order chi connectivity index (χ1) is 7.09. The van der Waals surface area contributed by atoms with Crippen LogP contribution in [-0.4, -0.2) is 9.78 Å². The molecule has 2 aromatic rings. The summed E-state index contributed by atoms with van der Waals surface area (Å²) in [6.07, 6.45) is 0. The Morgan fingerprint density at radius 1 is 1.20 bits per heavy atom. The van der Waals surface area contributed by atoms with E-state index in [9.17, 15) is 0 Å². The van der Waals surface area contributed by atoms with Gasteiger partial charge in [-0.15, -0.1) is 0 Å². The summed E-state index contributed by atoms with van der Waals surface area (Å²) in [7, 11) is 0. The number of nitrogens with two attached hydrogens (primary N) is 1. The third-order valence-corrected chi connectivity index (χ3v) is 2.65. The van der Waals surface area contributed by atoms with Gasteiger partial charge in [0.1, 0.15) is 5.82 Å². The van der Waals surface area contributed by atoms with Gasteiger partial charge in [0, 0.05) is 5.56 Å². The molecule has 0 spiro atoms. The lowest BCUT2D eigenvalue weighted by Crippen LogP contribution is -2.02. The zero-order valence-corrected chi connectivity index (χ0v) is 9.28. The van der Waals surface area contributed by atoms with Gasteiger partial charge in [-0.1, -0.05) is 12.1 Å². The van der Waals surface area contributed by atoms with Crippen molar-refractivity contribution < 1.29 is 0 Å². The number of nitrogens with zero attached hydrogens (tertiary/aromatic N) is 2. The molecule has 3 heteroatoms. The lowest BCUT2D eigenvalue weighted by atomic mass is 10.2. The fourth-order valence-corrected chi connectivity index (χ4v) is 1.58. The fraction of sp³-hybridized carbons (Fsp3) is 0.250. The zero-order chi connectivity index (χ0) is 11.0. The van der Waals surface area contributed by atoms with Crippen LogP contribution in [0.25, 0.3) is 5.69 Å². The van der Waals surface area contributed by atoms with Crippen LogP contribution in [0.3, 0.4) is 0 Å². The average Bonchev–Trinajstić information content (AvgIpc) is 2.46. The first-order valence-electron chi connectivity index (χ1n) is 4.98. The van der Waals surface area contributed by atoms with Gasteiger partial charge in [0.2, 0.25) is 0 Å². The van der Waals surface area contributed by atoms with Crippen LogP contribution in [0.5, 0.6) is 0 Å². The number of aromatic nitrogens is 2. The molecule has 0 aliphatic rings. The van der Waals surface area contributed by atoms with Crippen LogP contribution in [0.15, 0.2) is 24.3 Å². The van der Waals surface area contributed by atoms with E-state index in [1.165, 1.54) is 5.56 Å². The molecule has 1 heterocycles. The monoisotopic (exact) mass is 201 g/mol. The number of benzene rings is 1. The van der Waals surface area contributed by atoms with Crippen molar-refractivity contribution >= 4 is 5.82 Å². The SMILES string of the molecule is Cc1cccc(-n2nc(C)c(C)c2N)c1. The summed E-state index contributed by atoms with van der Waals surface area (Å²) in [4.78, 5) is 0. The maximum atomic E-state index is 5.99. The molecule has 0 amide bonds. The van der Waals surface area contributed by atoms with Crippen molar-refractivity contribution in [2.45, 2.75) is 20.8 Å². The van der Waals surface area contributed by atoms with Crippen molar-refractivity contribution in [3.63, 3.8) is 0 Å². The first kappa shape index (κ1) is 9.77. The minimum Gasteiger partial charge on any atom is -0.383 e. The van der Waals surface area contributed by atoms with Crippen LogP contribution in [-0.2, 0) is 0 Å². The van der Waals surface area contributed by atoms with Crippen LogP contribution < -0.4 is 5.73 Å². The third-order valence-electron chi connectivity index (χ3n) is 2.65. The quantitative estimate of drug-likeness (QED) is 0.769. The lowest BCUT2D eigenvalue weighted by Gasteiger charge is -2.04. The van der Waals surface area contributed by atoms with Gasteiger partial charge in [0.05, 0.1) is 11.4 Å². The molecule has 2 rings (SSSR count). The summed E-state index contributed by atoms with van der Waals surface area (Å²) in [5.41, 5.74) is 10.2. The maximum absolute atomic E-state index is 5.99. The number of hydrogen-bond donors (Lipinski definition) is 1. The Kier molecular flexibility index (Phi) is 2.23. The molecule has 0 bridgehead atoms. The van der Waals surface area contributed by atoms with Crippen LogP contribution in [0.4, 0.5) is 5.82 Å². The maximum Gasteiger partial charge on any atom is 0.130 e. The summed E-state index contributed by atoms with van der Waals surface area (Å²) in [6.45, 7) is 6.02. The number of hydrogen-bond acceptors (Lipinski definition) is 2. The minimum atomic E-state index is 0.720. The smallest absolute Gasteiger partial charge is 0.130 e. The molecule has 1 aromatic carbocycles. The van der Waals surface area contributed by atoms with Crippen LogP contribution in [0.2, 0.25) is 0 Å². The zero-order valence-electron chi connectivity index (χ0n) is 9.28. The first-order valence-corrected chi connectivity index (χ1v) is 4.98. The minimum absolute atomic E-state index is 0.720. The molecule has 1 aromatic heterocycles. The highest BCUT2D eigenvalue weighted by atomic mass is 15.3. The van der Waals surface area contributed by atoms with Crippen LogP contribution in [0.1, 0.15) is 16.8 Å². The van der Waals surface area contributed by atoms with E-state index in [1.54, 1.807) is 4.68 Å². The van der Waals surface area contributed by atoms with Crippen molar-refractivity contribution in [1.29, 1.82) is 0 Å². The van der Waals surface area contributed by atoms with Crippen molar-refractivity contribution in [1.82, 2.24) is 9.78 Å². The van der Waals surface area contributed by atoms with Gasteiger partial charge in [-0.3, -0.25) is 0 Å². The predicted octanol–water partition coefficient (Wildman–Crippen LogP) is 2.38. The average molecular weight is 201 g/mol. The Hall–Kier alpha value is -1.77. The molecule has 0 unspecified atom stereocenters. The van der Waals surface area contributed by atoms with E-state index in [0.29, 0.717) is 0 Å². The molecule has 0 atom stereocenters. The highest BCUT2D eigenvalue weighted by Crippen LogP contribution is 2.19.